The van der Waals surface area contributed by atoms with Crippen LogP contribution in [0.25, 0.3) is 44.3 Å². The molecule has 2 aliphatic heterocycles. The first-order valence-corrected chi connectivity index (χ1v) is 21.9. The molecule has 4 heterocycles. The first-order chi connectivity index (χ1) is 27.8. The zero-order valence-electron chi connectivity index (χ0n) is 33.9. The Labute approximate surface area is 355 Å². The minimum absolute atomic E-state index is 0.704. The van der Waals surface area contributed by atoms with E-state index in [4.69, 9.17) is 39.8 Å². The molecule has 0 unspecified atom stereocenters. The Morgan fingerprint density at radius 3 is 1.51 bits per heavy atom. The maximum Gasteiger partial charge on any atom is 0.0730 e. The molecule has 0 amide bonds. The zero-order valence-corrected chi connectivity index (χ0v) is 36.2. The SMILES string of the molecule is CCN(CC)C1CCN(c2cc(-c3ccc(Cl)cc3)nc3ccccc23)CC1.CCN(CC)C1CCNCC1.Clc1ccc(-c2cc(Cl)c3ccccc3n2)cc1. The lowest BCUT2D eigenvalue weighted by Gasteiger charge is -2.39. The minimum atomic E-state index is 0.704. The summed E-state index contributed by atoms with van der Waals surface area (Å²) in [5.74, 6) is 0. The fraction of sp³-hybridized carbons (Fsp3) is 0.375. The third kappa shape index (κ3) is 11.3. The van der Waals surface area contributed by atoms with Crippen LogP contribution in [0.5, 0.6) is 0 Å². The Bertz CT molecular complexity index is 2140. The van der Waals surface area contributed by atoms with Crippen LogP contribution < -0.4 is 10.2 Å². The highest BCUT2D eigenvalue weighted by atomic mass is 35.5. The van der Waals surface area contributed by atoms with Crippen molar-refractivity contribution in [1.29, 1.82) is 0 Å². The molecular weight excluding hydrogens is 767 g/mol. The number of anilines is 1. The molecule has 57 heavy (non-hydrogen) atoms. The number of piperidine rings is 2. The number of pyridine rings is 2. The predicted octanol–water partition coefficient (Wildman–Crippen LogP) is 12.2. The Balaban J connectivity index is 0.000000161. The van der Waals surface area contributed by atoms with E-state index in [0.29, 0.717) is 16.1 Å². The summed E-state index contributed by atoms with van der Waals surface area (Å²) in [6, 6.07) is 37.6. The smallest absolute Gasteiger partial charge is 0.0730 e. The maximum atomic E-state index is 6.28. The van der Waals surface area contributed by atoms with Crippen LogP contribution >= 0.6 is 34.8 Å². The third-order valence-electron chi connectivity index (χ3n) is 11.4. The van der Waals surface area contributed by atoms with E-state index in [1.165, 1.54) is 62.9 Å². The van der Waals surface area contributed by atoms with Gasteiger partial charge in [-0.15, -0.1) is 0 Å². The number of fused-ring (bicyclic) bond motifs is 2. The highest BCUT2D eigenvalue weighted by molar-refractivity contribution is 6.35. The molecule has 8 rings (SSSR count). The molecule has 0 bridgehead atoms. The molecule has 6 aromatic rings. The van der Waals surface area contributed by atoms with Gasteiger partial charge in [0.15, 0.2) is 0 Å². The van der Waals surface area contributed by atoms with Crippen LogP contribution in [0.3, 0.4) is 0 Å². The quantitative estimate of drug-likeness (QED) is 0.157. The van der Waals surface area contributed by atoms with Gasteiger partial charge < -0.3 is 20.0 Å². The summed E-state index contributed by atoms with van der Waals surface area (Å²) in [6.45, 7) is 18.3. The second-order valence-electron chi connectivity index (χ2n) is 14.7. The van der Waals surface area contributed by atoms with Crippen LogP contribution in [0.1, 0.15) is 53.4 Å². The van der Waals surface area contributed by atoms with Gasteiger partial charge in [0.05, 0.1) is 27.4 Å². The van der Waals surface area contributed by atoms with Crippen molar-refractivity contribution in [1.82, 2.24) is 25.1 Å². The number of nitrogens with zero attached hydrogens (tertiary/aromatic N) is 5. The summed E-state index contributed by atoms with van der Waals surface area (Å²) < 4.78 is 0. The van der Waals surface area contributed by atoms with E-state index in [0.717, 1.165) is 76.2 Å². The fourth-order valence-corrected chi connectivity index (χ4v) is 8.73. The van der Waals surface area contributed by atoms with Crippen molar-refractivity contribution >= 4 is 62.3 Å². The normalized spacial score (nSPS) is 15.1. The summed E-state index contributed by atoms with van der Waals surface area (Å²) in [7, 11) is 0. The van der Waals surface area contributed by atoms with Gasteiger partial charge in [-0.05, 0) is 113 Å². The van der Waals surface area contributed by atoms with Gasteiger partial charge in [0.25, 0.3) is 0 Å². The highest BCUT2D eigenvalue weighted by Crippen LogP contribution is 2.34. The lowest BCUT2D eigenvalue weighted by Crippen LogP contribution is -2.44. The largest absolute Gasteiger partial charge is 0.371 e. The summed E-state index contributed by atoms with van der Waals surface area (Å²) in [6.07, 6.45) is 5.10. The monoisotopic (exact) mass is 822 g/mol. The molecule has 9 heteroatoms. The number of halogens is 3. The molecule has 0 aliphatic carbocycles. The van der Waals surface area contributed by atoms with Crippen LogP contribution in [0.4, 0.5) is 5.69 Å². The standard InChI is InChI=1S/C24H28ClN3.C15H9Cl2N.C9H20N2/c1-3-27(4-2)20-13-15-28(16-14-20)24-17-23(18-9-11-19(25)12-10-18)26-22-8-6-5-7-21(22)24;16-11-7-5-10(6-8-11)15-9-13(17)12-3-1-2-4-14(12)18-15;1-3-11(4-2)9-5-7-10-8-6-9/h5-12,17,20H,3-4,13-16H2,1-2H3;1-9H;9-10H,3-8H2,1-2H3. The summed E-state index contributed by atoms with van der Waals surface area (Å²) >= 11 is 18.2. The van der Waals surface area contributed by atoms with Crippen LogP contribution in [0.2, 0.25) is 15.1 Å². The van der Waals surface area contributed by atoms with Gasteiger partial charge in [0.2, 0.25) is 0 Å². The Kier molecular flexibility index (Phi) is 16.0. The number of hydrogen-bond acceptors (Lipinski definition) is 6. The highest BCUT2D eigenvalue weighted by Gasteiger charge is 2.24. The molecule has 2 aromatic heterocycles. The molecule has 4 aromatic carbocycles. The molecule has 0 saturated carbocycles. The Morgan fingerprint density at radius 1 is 0.561 bits per heavy atom. The first kappa shape index (κ1) is 42.8. The van der Waals surface area contributed by atoms with E-state index in [1.807, 2.05) is 66.7 Å². The van der Waals surface area contributed by atoms with Crippen LogP contribution in [0.15, 0.2) is 109 Å². The lowest BCUT2D eigenvalue weighted by atomic mass is 10.0. The average molecular weight is 824 g/mol. The second kappa shape index (κ2) is 21.3. The number of aromatic nitrogens is 2. The van der Waals surface area contributed by atoms with E-state index in [2.05, 4.69) is 95.2 Å². The minimum Gasteiger partial charge on any atom is -0.371 e. The van der Waals surface area contributed by atoms with Crippen molar-refractivity contribution in [3.05, 3.63) is 124 Å². The van der Waals surface area contributed by atoms with E-state index in [-0.39, 0.29) is 0 Å². The van der Waals surface area contributed by atoms with Crippen LogP contribution in [-0.4, -0.2) is 84.2 Å². The number of nitrogens with one attached hydrogen (secondary N) is 1. The van der Waals surface area contributed by atoms with Crippen LogP contribution in [-0.2, 0) is 0 Å². The van der Waals surface area contributed by atoms with Gasteiger partial charge in [0, 0.05) is 62.8 Å². The Morgan fingerprint density at radius 2 is 1.00 bits per heavy atom. The zero-order chi connectivity index (χ0) is 40.1. The van der Waals surface area contributed by atoms with Crippen molar-refractivity contribution < 1.29 is 0 Å². The number of para-hydroxylation sites is 2. The van der Waals surface area contributed by atoms with Gasteiger partial charge in [-0.3, -0.25) is 0 Å². The summed E-state index contributed by atoms with van der Waals surface area (Å²) in [5, 5.41) is 7.78. The van der Waals surface area contributed by atoms with Gasteiger partial charge in [0.1, 0.15) is 0 Å². The molecule has 0 spiro atoms. The van der Waals surface area contributed by atoms with Gasteiger partial charge >= 0.3 is 0 Å². The fourth-order valence-electron chi connectivity index (χ4n) is 8.21. The van der Waals surface area contributed by atoms with E-state index in [1.54, 1.807) is 0 Å². The average Bonchev–Trinajstić information content (AvgIpc) is 3.26. The van der Waals surface area contributed by atoms with Crippen molar-refractivity contribution in [2.75, 3.05) is 57.3 Å². The molecule has 2 aliphatic rings. The molecule has 300 valence electrons. The Hall–Kier alpha value is -3.75. The summed E-state index contributed by atoms with van der Waals surface area (Å²) in [4.78, 5) is 17.2. The molecule has 6 nitrogen and oxygen atoms in total. The molecule has 2 fully saturated rings. The van der Waals surface area contributed by atoms with Crippen LogP contribution in [0, 0.1) is 0 Å². The summed E-state index contributed by atoms with van der Waals surface area (Å²) in [5.41, 5.74) is 7.23. The van der Waals surface area contributed by atoms with Crippen molar-refractivity contribution in [3.63, 3.8) is 0 Å². The predicted molar refractivity (Wildman–Crippen MR) is 246 cm³/mol. The van der Waals surface area contributed by atoms with Gasteiger partial charge in [-0.1, -0.05) is 123 Å². The topological polar surface area (TPSA) is 47.5 Å². The number of benzene rings is 4. The lowest BCUT2D eigenvalue weighted by molar-refractivity contribution is 0.178. The molecule has 1 N–H and O–H groups in total. The molecule has 0 radical (unpaired) electrons. The van der Waals surface area contributed by atoms with Crippen molar-refractivity contribution in [3.8, 4) is 22.5 Å². The molecule has 0 atom stereocenters. The molecular formula is C48H57Cl3N6. The van der Waals surface area contributed by atoms with E-state index in [9.17, 15) is 0 Å². The molecule has 2 saturated heterocycles. The number of hydrogen-bond donors (Lipinski definition) is 1. The second-order valence-corrected chi connectivity index (χ2v) is 16.0. The van der Waals surface area contributed by atoms with Crippen molar-refractivity contribution in [2.24, 2.45) is 0 Å². The van der Waals surface area contributed by atoms with Gasteiger partial charge in [-0.2, -0.15) is 0 Å². The van der Waals surface area contributed by atoms with Gasteiger partial charge in [-0.25, -0.2) is 9.97 Å². The first-order valence-electron chi connectivity index (χ1n) is 20.7. The number of rotatable bonds is 9. The van der Waals surface area contributed by atoms with E-state index < -0.39 is 0 Å². The van der Waals surface area contributed by atoms with Crippen molar-refractivity contribution in [2.45, 2.75) is 65.5 Å². The maximum absolute atomic E-state index is 6.28. The third-order valence-corrected chi connectivity index (χ3v) is 12.2. The van der Waals surface area contributed by atoms with E-state index >= 15 is 0 Å².